The highest BCUT2D eigenvalue weighted by atomic mass is 32.2. The van der Waals surface area contributed by atoms with Crippen molar-refractivity contribution in [1.82, 2.24) is 4.90 Å². The van der Waals surface area contributed by atoms with Crippen molar-refractivity contribution in [3.05, 3.63) is 35.4 Å². The first-order valence-electron chi connectivity index (χ1n) is 7.16. The second-order valence-electron chi connectivity index (χ2n) is 5.64. The maximum Gasteiger partial charge on any atom is 0.330 e. The number of ether oxygens (including phenoxy) is 1. The molecule has 0 spiro atoms. The number of amides is 1. The Hall–Kier alpha value is -2.00. The van der Waals surface area contributed by atoms with Crippen LogP contribution in [0.15, 0.2) is 24.3 Å². The zero-order chi connectivity index (χ0) is 15.7. The summed E-state index contributed by atoms with van der Waals surface area (Å²) in [6.07, 6.45) is 1.27. The van der Waals surface area contributed by atoms with Crippen LogP contribution >= 0.6 is 11.8 Å². The molecule has 0 aliphatic carbocycles. The van der Waals surface area contributed by atoms with E-state index in [2.05, 4.69) is 6.07 Å². The van der Waals surface area contributed by atoms with E-state index in [1.807, 2.05) is 6.92 Å². The Bertz CT molecular complexity index is 670. The molecule has 2 aliphatic rings. The van der Waals surface area contributed by atoms with Gasteiger partial charge < -0.3 is 9.64 Å². The van der Waals surface area contributed by atoms with Crippen molar-refractivity contribution in [1.29, 1.82) is 5.26 Å². The maximum absolute atomic E-state index is 12.3. The third-order valence-corrected chi connectivity index (χ3v) is 5.73. The highest BCUT2D eigenvalue weighted by molar-refractivity contribution is 8.01. The van der Waals surface area contributed by atoms with Crippen molar-refractivity contribution in [2.45, 2.75) is 37.3 Å². The number of carbonyl (C=O) groups excluding carboxylic acids is 2. The van der Waals surface area contributed by atoms with Gasteiger partial charge in [0, 0.05) is 17.7 Å². The van der Waals surface area contributed by atoms with Crippen LogP contribution in [0.4, 0.5) is 0 Å². The van der Waals surface area contributed by atoms with Crippen LogP contribution in [0.1, 0.15) is 30.9 Å². The van der Waals surface area contributed by atoms with Gasteiger partial charge in [-0.05, 0) is 19.4 Å². The minimum absolute atomic E-state index is 0.0203. The van der Waals surface area contributed by atoms with E-state index in [0.29, 0.717) is 23.3 Å². The van der Waals surface area contributed by atoms with E-state index >= 15 is 0 Å². The largest absolute Gasteiger partial charge is 0.459 e. The molecule has 2 fully saturated rings. The fourth-order valence-corrected chi connectivity index (χ4v) is 4.41. The molecule has 0 N–H and O–H groups in total. The molecule has 2 saturated heterocycles. The summed E-state index contributed by atoms with van der Waals surface area (Å²) >= 11 is 1.64. The van der Waals surface area contributed by atoms with Crippen molar-refractivity contribution in [3.8, 4) is 6.07 Å². The molecule has 2 atom stereocenters. The summed E-state index contributed by atoms with van der Waals surface area (Å²) < 4.78 is 5.36. The molecule has 1 aromatic carbocycles. The number of benzene rings is 1. The van der Waals surface area contributed by atoms with Gasteiger partial charge >= 0.3 is 5.97 Å². The average Bonchev–Trinajstić information content (AvgIpc) is 3.02. The normalized spacial score (nSPS) is 26.6. The Morgan fingerprint density at radius 1 is 1.55 bits per heavy atom. The zero-order valence-electron chi connectivity index (χ0n) is 12.2. The Balaban J connectivity index is 1.68. The standard InChI is InChI=1S/C16H16N2O3S/c1-16-7-6-14(19)18(16)13(10-22-16)15(20)21-9-12-5-3-2-4-11(12)8-17/h2-5,13H,6-7,9-10H2,1H3/t13-,16-/m1/s1. The fraction of sp³-hybridized carbons (Fsp3) is 0.438. The van der Waals surface area contributed by atoms with Crippen molar-refractivity contribution >= 4 is 23.6 Å². The van der Waals surface area contributed by atoms with Gasteiger partial charge in [0.05, 0.1) is 16.5 Å². The van der Waals surface area contributed by atoms with Gasteiger partial charge in [-0.15, -0.1) is 11.8 Å². The lowest BCUT2D eigenvalue weighted by Crippen LogP contribution is -2.46. The van der Waals surface area contributed by atoms with Gasteiger partial charge in [-0.2, -0.15) is 5.26 Å². The van der Waals surface area contributed by atoms with Gasteiger partial charge in [-0.3, -0.25) is 4.79 Å². The van der Waals surface area contributed by atoms with Crippen molar-refractivity contribution in [3.63, 3.8) is 0 Å². The highest BCUT2D eigenvalue weighted by Gasteiger charge is 2.53. The highest BCUT2D eigenvalue weighted by Crippen LogP contribution is 2.47. The quantitative estimate of drug-likeness (QED) is 0.798. The van der Waals surface area contributed by atoms with Crippen LogP contribution in [0, 0.1) is 11.3 Å². The summed E-state index contributed by atoms with van der Waals surface area (Å²) in [4.78, 5) is 25.8. The molecule has 5 nitrogen and oxygen atoms in total. The number of nitriles is 1. The summed E-state index contributed by atoms with van der Waals surface area (Å²) in [5.74, 6) is 0.201. The van der Waals surface area contributed by atoms with Crippen molar-refractivity contribution in [2.24, 2.45) is 0 Å². The molecule has 3 rings (SSSR count). The van der Waals surface area contributed by atoms with Crippen LogP contribution < -0.4 is 0 Å². The topological polar surface area (TPSA) is 70.4 Å². The van der Waals surface area contributed by atoms with E-state index in [0.717, 1.165) is 6.42 Å². The van der Waals surface area contributed by atoms with Gasteiger partial charge in [-0.1, -0.05) is 18.2 Å². The number of thioether (sulfide) groups is 1. The summed E-state index contributed by atoms with van der Waals surface area (Å²) in [6, 6.07) is 8.59. The van der Waals surface area contributed by atoms with E-state index in [4.69, 9.17) is 10.00 Å². The molecule has 1 aromatic rings. The predicted molar refractivity (Wildman–Crippen MR) is 81.7 cm³/mol. The van der Waals surface area contributed by atoms with Crippen LogP contribution in [0.3, 0.4) is 0 Å². The van der Waals surface area contributed by atoms with Gasteiger partial charge in [0.25, 0.3) is 0 Å². The van der Waals surface area contributed by atoms with Gasteiger partial charge in [-0.25, -0.2) is 4.79 Å². The van der Waals surface area contributed by atoms with Gasteiger partial charge in [0.15, 0.2) is 0 Å². The molecule has 2 aliphatic heterocycles. The third kappa shape index (κ3) is 2.46. The Labute approximate surface area is 133 Å². The predicted octanol–water partition coefficient (Wildman–Crippen LogP) is 2.06. The second-order valence-corrected chi connectivity index (χ2v) is 7.14. The summed E-state index contributed by atoms with van der Waals surface area (Å²) in [6.45, 7) is 2.06. The fourth-order valence-electron chi connectivity index (χ4n) is 3.00. The van der Waals surface area contributed by atoms with Gasteiger partial charge in [0.2, 0.25) is 5.91 Å². The van der Waals surface area contributed by atoms with E-state index in [9.17, 15) is 9.59 Å². The summed E-state index contributed by atoms with van der Waals surface area (Å²) in [7, 11) is 0. The van der Waals surface area contributed by atoms with Crippen LogP contribution in [0.2, 0.25) is 0 Å². The molecular formula is C16H16N2O3S. The molecular weight excluding hydrogens is 300 g/mol. The second kappa shape index (κ2) is 5.65. The van der Waals surface area contributed by atoms with E-state index in [1.54, 1.807) is 40.9 Å². The van der Waals surface area contributed by atoms with Crippen LogP contribution in [0.25, 0.3) is 0 Å². The lowest BCUT2D eigenvalue weighted by atomic mass is 10.1. The first kappa shape index (κ1) is 14.9. The van der Waals surface area contributed by atoms with Crippen LogP contribution in [0.5, 0.6) is 0 Å². The minimum Gasteiger partial charge on any atom is -0.459 e. The van der Waals surface area contributed by atoms with E-state index in [-0.39, 0.29) is 23.4 Å². The molecule has 0 bridgehead atoms. The first-order valence-corrected chi connectivity index (χ1v) is 8.14. The number of carbonyl (C=O) groups is 2. The Morgan fingerprint density at radius 3 is 3.09 bits per heavy atom. The molecule has 2 heterocycles. The number of rotatable bonds is 3. The van der Waals surface area contributed by atoms with E-state index in [1.165, 1.54) is 0 Å². The first-order chi connectivity index (χ1) is 10.5. The molecule has 22 heavy (non-hydrogen) atoms. The SMILES string of the molecule is C[C@@]12CCC(=O)N1[C@@H](C(=O)OCc1ccccc1C#N)CS2. The van der Waals surface area contributed by atoms with Gasteiger partial charge in [0.1, 0.15) is 12.6 Å². The number of fused-ring (bicyclic) bond motifs is 1. The number of hydrogen-bond donors (Lipinski definition) is 0. The molecule has 0 aromatic heterocycles. The maximum atomic E-state index is 12.3. The molecule has 6 heteroatoms. The molecule has 0 saturated carbocycles. The molecule has 0 radical (unpaired) electrons. The smallest absolute Gasteiger partial charge is 0.330 e. The Kier molecular flexibility index (Phi) is 3.83. The minimum atomic E-state index is -0.515. The number of nitrogens with zero attached hydrogens (tertiary/aromatic N) is 2. The Morgan fingerprint density at radius 2 is 2.32 bits per heavy atom. The third-order valence-electron chi connectivity index (χ3n) is 4.22. The average molecular weight is 316 g/mol. The number of hydrogen-bond acceptors (Lipinski definition) is 5. The molecule has 0 unspecified atom stereocenters. The zero-order valence-corrected chi connectivity index (χ0v) is 13.1. The van der Waals surface area contributed by atoms with Crippen molar-refractivity contribution in [2.75, 3.05) is 5.75 Å². The van der Waals surface area contributed by atoms with E-state index < -0.39 is 6.04 Å². The molecule has 1 amide bonds. The number of esters is 1. The summed E-state index contributed by atoms with van der Waals surface area (Å²) in [5.41, 5.74) is 1.18. The monoisotopic (exact) mass is 316 g/mol. The lowest BCUT2D eigenvalue weighted by Gasteiger charge is -2.29. The van der Waals surface area contributed by atoms with Crippen molar-refractivity contribution < 1.29 is 14.3 Å². The lowest BCUT2D eigenvalue weighted by molar-refractivity contribution is -0.154. The summed E-state index contributed by atoms with van der Waals surface area (Å²) in [5, 5.41) is 9.04. The molecule has 114 valence electrons. The van der Waals surface area contributed by atoms with Crippen LogP contribution in [-0.2, 0) is 20.9 Å². The van der Waals surface area contributed by atoms with Crippen LogP contribution in [-0.4, -0.2) is 33.4 Å².